The zero-order chi connectivity index (χ0) is 17.2. The maximum atomic E-state index is 12.9. The van der Waals surface area contributed by atoms with Crippen LogP contribution in [0.25, 0.3) is 0 Å². The molecule has 0 bridgehead atoms. The molecule has 8 nitrogen and oxygen atoms in total. The number of sulfonamides is 1. The topological polar surface area (TPSA) is 107 Å². The molecule has 0 N–H and O–H groups in total. The fourth-order valence-electron chi connectivity index (χ4n) is 2.42. The van der Waals surface area contributed by atoms with Gasteiger partial charge in [0.15, 0.2) is 4.90 Å². The molecule has 0 amide bonds. The molecule has 0 radical (unpaired) electrons. The number of nitro groups is 1. The van der Waals surface area contributed by atoms with E-state index < -0.39 is 31.5 Å². The van der Waals surface area contributed by atoms with Crippen molar-refractivity contribution >= 4 is 21.7 Å². The van der Waals surface area contributed by atoms with E-state index in [0.717, 1.165) is 23.1 Å². The normalized spacial score (nSPS) is 15.8. The number of rotatable bonds is 4. The molecule has 0 fully saturated rings. The molecule has 1 aliphatic rings. The van der Waals surface area contributed by atoms with Gasteiger partial charge < -0.3 is 4.74 Å². The number of esters is 1. The third-order valence-electron chi connectivity index (χ3n) is 3.49. The van der Waals surface area contributed by atoms with Gasteiger partial charge in [-0.05, 0) is 19.4 Å². The van der Waals surface area contributed by atoms with Crippen LogP contribution in [-0.4, -0.2) is 43.8 Å². The van der Waals surface area contributed by atoms with Crippen molar-refractivity contribution in [1.82, 2.24) is 4.31 Å². The first-order valence-corrected chi connectivity index (χ1v) is 8.24. The summed E-state index contributed by atoms with van der Waals surface area (Å²) in [4.78, 5) is 21.7. The lowest BCUT2D eigenvalue weighted by Gasteiger charge is -2.25. The Hall–Kier alpha value is -2.26. The molecule has 1 heterocycles. The molecule has 0 aromatic heterocycles. The zero-order valence-corrected chi connectivity index (χ0v) is 13.5. The Morgan fingerprint density at radius 3 is 2.65 bits per heavy atom. The molecule has 0 saturated carbocycles. The van der Waals surface area contributed by atoms with Gasteiger partial charge >= 0.3 is 5.97 Å². The Balaban J connectivity index is 2.66. The molecular formula is C14H16N2O6S. The molecule has 0 atom stereocenters. The smallest absolute Gasteiger partial charge is 0.339 e. The van der Waals surface area contributed by atoms with Crippen LogP contribution in [0.3, 0.4) is 0 Å². The van der Waals surface area contributed by atoms with Gasteiger partial charge in [0, 0.05) is 19.2 Å². The lowest BCUT2D eigenvalue weighted by atomic mass is 10.2. The molecular weight excluding hydrogens is 324 g/mol. The number of methoxy groups -OCH3 is 1. The Bertz CT molecular complexity index is 784. The van der Waals surface area contributed by atoms with Gasteiger partial charge in [0.2, 0.25) is 0 Å². The van der Waals surface area contributed by atoms with Crippen molar-refractivity contribution in [3.8, 4) is 0 Å². The SMILES string of the molecule is COC(=O)c1cccc([N+](=O)[O-])c1S(=O)(=O)N1CCC=C(C)C1. The maximum absolute atomic E-state index is 12.9. The van der Waals surface area contributed by atoms with Crippen molar-refractivity contribution in [2.75, 3.05) is 20.2 Å². The highest BCUT2D eigenvalue weighted by molar-refractivity contribution is 7.89. The minimum Gasteiger partial charge on any atom is -0.465 e. The standard InChI is InChI=1S/C14H16N2O6S/c1-10-5-4-8-15(9-10)23(20,21)13-11(14(17)22-2)6-3-7-12(13)16(18)19/h3,5-7H,4,8-9H2,1-2H3. The molecule has 1 aromatic carbocycles. The van der Waals surface area contributed by atoms with Crippen LogP contribution < -0.4 is 0 Å². The predicted octanol–water partition coefficient (Wildman–Crippen LogP) is 1.72. The number of nitrogens with zero attached hydrogens (tertiary/aromatic N) is 2. The first kappa shape index (κ1) is 17.1. The largest absolute Gasteiger partial charge is 0.465 e. The molecule has 9 heteroatoms. The second kappa shape index (κ2) is 6.47. The summed E-state index contributed by atoms with van der Waals surface area (Å²) in [6.45, 7) is 2.11. The van der Waals surface area contributed by atoms with Crippen molar-refractivity contribution in [2.45, 2.75) is 18.2 Å². The number of hydrogen-bond donors (Lipinski definition) is 0. The summed E-state index contributed by atoms with van der Waals surface area (Å²) in [5.74, 6) is -0.934. The van der Waals surface area contributed by atoms with Crippen molar-refractivity contribution in [3.63, 3.8) is 0 Å². The quantitative estimate of drug-likeness (QED) is 0.357. The summed E-state index contributed by atoms with van der Waals surface area (Å²) in [7, 11) is -3.12. The van der Waals surface area contributed by atoms with Crippen LogP contribution in [0.5, 0.6) is 0 Å². The predicted molar refractivity (Wildman–Crippen MR) is 81.6 cm³/mol. The van der Waals surface area contributed by atoms with Crippen LogP contribution in [-0.2, 0) is 14.8 Å². The number of ether oxygens (including phenoxy) is 1. The van der Waals surface area contributed by atoms with Crippen molar-refractivity contribution in [2.24, 2.45) is 0 Å². The van der Waals surface area contributed by atoms with Crippen LogP contribution in [0.4, 0.5) is 5.69 Å². The minimum absolute atomic E-state index is 0.134. The summed E-state index contributed by atoms with van der Waals surface area (Å²) in [6, 6.07) is 3.52. The summed E-state index contributed by atoms with van der Waals surface area (Å²) >= 11 is 0. The lowest BCUT2D eigenvalue weighted by molar-refractivity contribution is -0.387. The number of hydrogen-bond acceptors (Lipinski definition) is 6. The second-order valence-corrected chi connectivity index (χ2v) is 6.96. The minimum atomic E-state index is -4.21. The Labute approximate surface area is 133 Å². The van der Waals surface area contributed by atoms with Gasteiger partial charge in [-0.15, -0.1) is 0 Å². The van der Waals surface area contributed by atoms with Gasteiger partial charge in [-0.1, -0.05) is 17.7 Å². The molecule has 0 spiro atoms. The summed E-state index contributed by atoms with van der Waals surface area (Å²) in [5.41, 5.74) is -0.132. The third kappa shape index (κ3) is 3.25. The summed E-state index contributed by atoms with van der Waals surface area (Å²) in [6.07, 6.45) is 2.42. The number of carbonyl (C=O) groups excluding carboxylic acids is 1. The van der Waals surface area contributed by atoms with Gasteiger partial charge in [0.1, 0.15) is 0 Å². The van der Waals surface area contributed by atoms with Gasteiger partial charge in [-0.25, -0.2) is 13.2 Å². The summed E-state index contributed by atoms with van der Waals surface area (Å²) in [5, 5.41) is 11.2. The van der Waals surface area contributed by atoms with Crippen molar-refractivity contribution in [1.29, 1.82) is 0 Å². The van der Waals surface area contributed by atoms with E-state index in [0.29, 0.717) is 6.42 Å². The number of nitro benzene ring substituents is 1. The van der Waals surface area contributed by atoms with Gasteiger partial charge in [0.05, 0.1) is 17.6 Å². The molecule has 1 aliphatic heterocycles. The zero-order valence-electron chi connectivity index (χ0n) is 12.7. The maximum Gasteiger partial charge on any atom is 0.339 e. The fraction of sp³-hybridized carbons (Fsp3) is 0.357. The first-order chi connectivity index (χ1) is 10.8. The van der Waals surface area contributed by atoms with E-state index in [9.17, 15) is 23.3 Å². The van der Waals surface area contributed by atoms with Gasteiger partial charge in [-0.2, -0.15) is 4.31 Å². The van der Waals surface area contributed by atoms with Crippen LogP contribution in [0.2, 0.25) is 0 Å². The monoisotopic (exact) mass is 340 g/mol. The molecule has 1 aromatic rings. The van der Waals surface area contributed by atoms with E-state index in [1.807, 2.05) is 6.08 Å². The van der Waals surface area contributed by atoms with E-state index in [2.05, 4.69) is 4.74 Å². The lowest BCUT2D eigenvalue weighted by Crippen LogP contribution is -2.36. The molecule has 124 valence electrons. The molecule has 0 saturated heterocycles. The Morgan fingerprint density at radius 2 is 2.09 bits per heavy atom. The van der Waals surface area contributed by atoms with E-state index in [4.69, 9.17) is 0 Å². The average Bonchev–Trinajstić information content (AvgIpc) is 2.53. The van der Waals surface area contributed by atoms with Gasteiger partial charge in [-0.3, -0.25) is 10.1 Å². The number of benzene rings is 1. The number of carbonyl (C=O) groups is 1. The van der Waals surface area contributed by atoms with Crippen LogP contribution >= 0.6 is 0 Å². The van der Waals surface area contributed by atoms with Crippen LogP contribution in [0.1, 0.15) is 23.7 Å². The van der Waals surface area contributed by atoms with Crippen molar-refractivity contribution < 1.29 is 22.9 Å². The average molecular weight is 340 g/mol. The van der Waals surface area contributed by atoms with E-state index >= 15 is 0 Å². The van der Waals surface area contributed by atoms with E-state index in [-0.39, 0.29) is 18.7 Å². The van der Waals surface area contributed by atoms with Crippen LogP contribution in [0, 0.1) is 10.1 Å². The first-order valence-electron chi connectivity index (χ1n) is 6.80. The third-order valence-corrected chi connectivity index (χ3v) is 5.43. The Kier molecular flexibility index (Phi) is 4.81. The van der Waals surface area contributed by atoms with Crippen LogP contribution in [0.15, 0.2) is 34.7 Å². The van der Waals surface area contributed by atoms with E-state index in [1.165, 1.54) is 12.1 Å². The van der Waals surface area contributed by atoms with Crippen molar-refractivity contribution in [3.05, 3.63) is 45.5 Å². The molecule has 0 aliphatic carbocycles. The second-order valence-electron chi connectivity index (χ2n) is 5.08. The summed E-state index contributed by atoms with van der Waals surface area (Å²) < 4.78 is 31.5. The van der Waals surface area contributed by atoms with Gasteiger partial charge in [0.25, 0.3) is 15.7 Å². The molecule has 2 rings (SSSR count). The molecule has 23 heavy (non-hydrogen) atoms. The molecule has 0 unspecified atom stereocenters. The highest BCUT2D eigenvalue weighted by atomic mass is 32.2. The highest BCUT2D eigenvalue weighted by Gasteiger charge is 2.37. The Morgan fingerprint density at radius 1 is 1.39 bits per heavy atom. The fourth-order valence-corrected chi connectivity index (χ4v) is 4.24. The van der Waals surface area contributed by atoms with E-state index in [1.54, 1.807) is 6.92 Å². The highest BCUT2D eigenvalue weighted by Crippen LogP contribution is 2.32.